The second-order valence-electron chi connectivity index (χ2n) is 34.0. The van der Waals surface area contributed by atoms with Crippen molar-refractivity contribution in [1.82, 2.24) is 9.13 Å². The van der Waals surface area contributed by atoms with E-state index in [0.29, 0.717) is 0 Å². The number of rotatable bonds is 20. The highest BCUT2D eigenvalue weighted by Gasteiger charge is 2.23. The van der Waals surface area contributed by atoms with Crippen molar-refractivity contribution in [2.75, 3.05) is 19.6 Å². The standard InChI is InChI=1S/2C64H45N3/c1-5-18-52(19-6-1)65(53-20-7-2-8-21-53)56-36-28-46(29-37-56)50-34-42-63-61(44-50)62-45-51(47-30-38-57(39-31-47)66(54-22-9-3-10-23-54)55-24-11-4-12-25-55)35-43-64(62)67(63)58-40-32-49(33-41-58)60-27-15-17-48-16-13-14-26-59(48)60;1-5-17-54(18-6-1)65(55-19-7-2-8-20-55)58-35-27-48(28-36-58)52-33-41-63-61(44-52)62-45-53(49-29-37-59(38-30-49)66(56-21-9-3-10-22-56)57-23-11-4-12-24-57)34-42-64(62)67(63)60-39-31-47(32-40-60)51-26-25-46-15-13-14-16-50(46)43-51/h2*1-45H. The predicted molar refractivity (Wildman–Crippen MR) is 568 cm³/mol. The van der Waals surface area contributed by atoms with Crippen molar-refractivity contribution >= 4 is 133 Å². The lowest BCUT2D eigenvalue weighted by atomic mass is 9.98. The molecule has 0 fully saturated rings. The molecule has 6 nitrogen and oxygen atoms in total. The Hall–Kier alpha value is -17.8. The number of aromatic nitrogens is 2. The molecule has 2 aromatic heterocycles. The van der Waals surface area contributed by atoms with Crippen LogP contribution in [0.1, 0.15) is 0 Å². The lowest BCUT2D eigenvalue weighted by Crippen LogP contribution is -2.09. The Kier molecular flexibility index (Phi) is 21.7. The highest BCUT2D eigenvalue weighted by Crippen LogP contribution is 2.46. The molecule has 0 radical (unpaired) electrons. The van der Waals surface area contributed by atoms with Crippen LogP contribution < -0.4 is 19.6 Å². The second kappa shape index (κ2) is 36.0. The van der Waals surface area contributed by atoms with E-state index in [0.717, 1.165) is 79.6 Å². The Morgan fingerprint density at radius 1 is 0.119 bits per heavy atom. The normalized spacial score (nSPS) is 11.3. The topological polar surface area (TPSA) is 22.8 Å². The average Bonchev–Trinajstić information content (AvgIpc) is 1.58. The van der Waals surface area contributed by atoms with E-state index in [-0.39, 0.29) is 0 Å². The van der Waals surface area contributed by atoms with E-state index in [9.17, 15) is 0 Å². The molecule has 0 atom stereocenters. The van der Waals surface area contributed by atoms with Crippen molar-refractivity contribution < 1.29 is 0 Å². The molecule has 0 unspecified atom stereocenters. The SMILES string of the molecule is c1ccc(N(c2ccccc2)c2ccc(-c3ccc4c(c3)c3cc(-c5ccc(N(c6ccccc6)c6ccccc6)cc5)ccc3n4-c3ccc(-c4ccc5ccccc5c4)cc3)cc2)cc1.c1ccc(N(c2ccccc2)c2ccc(-c3ccc4c(c3)c3cc(-c5ccc(N(c6ccccc6)c6ccccc6)cc5)ccc3n4-c3ccc(-c4cccc5ccccc45)cc3)cc2)cc1. The van der Waals surface area contributed by atoms with E-state index in [2.05, 4.69) is 575 Å². The van der Waals surface area contributed by atoms with Crippen molar-refractivity contribution in [3.63, 3.8) is 0 Å². The van der Waals surface area contributed by atoms with Gasteiger partial charge < -0.3 is 28.7 Å². The molecule has 0 bridgehead atoms. The zero-order valence-electron chi connectivity index (χ0n) is 73.6. The van der Waals surface area contributed by atoms with Crippen LogP contribution in [0.3, 0.4) is 0 Å². The Morgan fingerprint density at radius 3 is 0.619 bits per heavy atom. The maximum absolute atomic E-state index is 2.42. The molecule has 0 saturated carbocycles. The highest BCUT2D eigenvalue weighted by atomic mass is 15.2. The molecular formula is C128H90N6. The zero-order chi connectivity index (χ0) is 89.0. The molecule has 24 aromatic rings. The summed E-state index contributed by atoms with van der Waals surface area (Å²) in [6, 6.07) is 197. The molecule has 632 valence electrons. The van der Waals surface area contributed by atoms with E-state index in [1.165, 1.54) is 132 Å². The van der Waals surface area contributed by atoms with Gasteiger partial charge in [-0.05, 0) is 313 Å². The molecular weight excluding hydrogens is 1620 g/mol. The summed E-state index contributed by atoms with van der Waals surface area (Å²) in [7, 11) is 0. The lowest BCUT2D eigenvalue weighted by molar-refractivity contribution is 1.18. The van der Waals surface area contributed by atoms with Crippen LogP contribution in [-0.2, 0) is 0 Å². The Morgan fingerprint density at radius 2 is 0.328 bits per heavy atom. The van der Waals surface area contributed by atoms with Gasteiger partial charge in [0.15, 0.2) is 0 Å². The fourth-order valence-corrected chi connectivity index (χ4v) is 19.4. The van der Waals surface area contributed by atoms with Gasteiger partial charge in [0.1, 0.15) is 0 Å². The summed E-state index contributed by atoms with van der Waals surface area (Å²) in [4.78, 5) is 9.23. The summed E-state index contributed by atoms with van der Waals surface area (Å²) >= 11 is 0. The van der Waals surface area contributed by atoms with Gasteiger partial charge in [0.2, 0.25) is 0 Å². The van der Waals surface area contributed by atoms with Crippen molar-refractivity contribution in [2.45, 2.75) is 0 Å². The first-order valence-electron chi connectivity index (χ1n) is 45.8. The molecule has 22 aromatic carbocycles. The van der Waals surface area contributed by atoms with Crippen LogP contribution in [0.5, 0.6) is 0 Å². The first-order chi connectivity index (χ1) is 66.4. The van der Waals surface area contributed by atoms with E-state index in [4.69, 9.17) is 0 Å². The van der Waals surface area contributed by atoms with Crippen molar-refractivity contribution in [3.05, 3.63) is 546 Å². The van der Waals surface area contributed by atoms with Crippen molar-refractivity contribution in [1.29, 1.82) is 0 Å². The first kappa shape index (κ1) is 80.7. The smallest absolute Gasteiger partial charge is 0.0541 e. The molecule has 2 heterocycles. The number of fused-ring (bicyclic) bond motifs is 8. The third kappa shape index (κ3) is 15.9. The number of anilines is 12. The molecule has 0 saturated heterocycles. The van der Waals surface area contributed by atoms with Crippen LogP contribution in [0.15, 0.2) is 546 Å². The number of benzene rings is 22. The molecule has 0 spiro atoms. The molecule has 0 amide bonds. The van der Waals surface area contributed by atoms with Gasteiger partial charge in [0, 0.05) is 101 Å². The van der Waals surface area contributed by atoms with Gasteiger partial charge in [0.25, 0.3) is 0 Å². The average molecular weight is 1710 g/mol. The highest BCUT2D eigenvalue weighted by molar-refractivity contribution is 6.14. The third-order valence-electron chi connectivity index (χ3n) is 25.9. The fourth-order valence-electron chi connectivity index (χ4n) is 19.4. The van der Waals surface area contributed by atoms with Gasteiger partial charge in [-0.3, -0.25) is 0 Å². The Labute approximate surface area is 780 Å². The zero-order valence-corrected chi connectivity index (χ0v) is 73.6. The number of hydrogen-bond donors (Lipinski definition) is 0. The maximum atomic E-state index is 2.42. The van der Waals surface area contributed by atoms with Gasteiger partial charge in [-0.1, -0.05) is 322 Å². The summed E-state index contributed by atoms with van der Waals surface area (Å²) in [6.07, 6.45) is 0. The molecule has 0 N–H and O–H groups in total. The van der Waals surface area contributed by atoms with Crippen LogP contribution in [-0.4, -0.2) is 9.13 Å². The first-order valence-corrected chi connectivity index (χ1v) is 45.8. The van der Waals surface area contributed by atoms with Gasteiger partial charge in [0.05, 0.1) is 22.1 Å². The van der Waals surface area contributed by atoms with Crippen LogP contribution in [0.25, 0.3) is 143 Å². The molecule has 0 aliphatic carbocycles. The van der Waals surface area contributed by atoms with Gasteiger partial charge >= 0.3 is 0 Å². The monoisotopic (exact) mass is 1710 g/mol. The minimum absolute atomic E-state index is 1.11. The lowest BCUT2D eigenvalue weighted by Gasteiger charge is -2.25. The molecule has 134 heavy (non-hydrogen) atoms. The van der Waals surface area contributed by atoms with Gasteiger partial charge in [-0.15, -0.1) is 0 Å². The van der Waals surface area contributed by atoms with Gasteiger partial charge in [-0.25, -0.2) is 0 Å². The quantitative estimate of drug-likeness (QED) is 0.0758. The van der Waals surface area contributed by atoms with Crippen LogP contribution in [0.2, 0.25) is 0 Å². The maximum Gasteiger partial charge on any atom is 0.0541 e. The number of hydrogen-bond acceptors (Lipinski definition) is 4. The Bertz CT molecular complexity index is 7730. The molecule has 6 heteroatoms. The summed E-state index contributed by atoms with van der Waals surface area (Å²) in [6.45, 7) is 0. The van der Waals surface area contributed by atoms with Crippen LogP contribution in [0, 0.1) is 0 Å². The summed E-state index contributed by atoms with van der Waals surface area (Å²) in [5.41, 5.74) is 34.5. The summed E-state index contributed by atoms with van der Waals surface area (Å²) < 4.78 is 4.84. The summed E-state index contributed by atoms with van der Waals surface area (Å²) in [5.74, 6) is 0. The minimum atomic E-state index is 1.11. The number of para-hydroxylation sites is 8. The van der Waals surface area contributed by atoms with Crippen LogP contribution >= 0.6 is 0 Å². The number of nitrogens with zero attached hydrogens (tertiary/aromatic N) is 6. The van der Waals surface area contributed by atoms with Crippen molar-refractivity contribution in [2.24, 2.45) is 0 Å². The van der Waals surface area contributed by atoms with E-state index in [1.807, 2.05) is 0 Å². The van der Waals surface area contributed by atoms with E-state index >= 15 is 0 Å². The van der Waals surface area contributed by atoms with E-state index < -0.39 is 0 Å². The van der Waals surface area contributed by atoms with Gasteiger partial charge in [-0.2, -0.15) is 0 Å². The van der Waals surface area contributed by atoms with Crippen LogP contribution in [0.4, 0.5) is 68.2 Å². The second-order valence-corrected chi connectivity index (χ2v) is 34.0. The molecule has 24 rings (SSSR count). The summed E-state index contributed by atoms with van der Waals surface area (Å²) in [5, 5.41) is 9.85. The Balaban J connectivity index is 0.000000151. The fraction of sp³-hybridized carbons (Fsp3) is 0. The molecule has 0 aliphatic heterocycles. The predicted octanol–water partition coefficient (Wildman–Crippen LogP) is 35.8. The van der Waals surface area contributed by atoms with Crippen molar-refractivity contribution in [3.8, 4) is 78.1 Å². The largest absolute Gasteiger partial charge is 0.311 e. The minimum Gasteiger partial charge on any atom is -0.311 e. The molecule has 0 aliphatic rings. The van der Waals surface area contributed by atoms with E-state index in [1.54, 1.807) is 0 Å². The third-order valence-corrected chi connectivity index (χ3v) is 25.9.